The first-order valence-electron chi connectivity index (χ1n) is 8.41. The summed E-state index contributed by atoms with van der Waals surface area (Å²) >= 11 is 6.42. The molecule has 0 amide bonds. The number of piperidine rings is 1. The molecule has 23 heavy (non-hydrogen) atoms. The normalized spacial score (nSPS) is 15.7. The van der Waals surface area contributed by atoms with Crippen molar-refractivity contribution in [2.75, 3.05) is 18.0 Å². The van der Waals surface area contributed by atoms with Gasteiger partial charge in [0.2, 0.25) is 0 Å². The van der Waals surface area contributed by atoms with Crippen LogP contribution in [0.15, 0.2) is 18.2 Å². The first-order valence-corrected chi connectivity index (χ1v) is 8.79. The largest absolute Gasteiger partial charge is 0.371 e. The zero-order valence-electron chi connectivity index (χ0n) is 13.6. The van der Waals surface area contributed by atoms with E-state index in [4.69, 9.17) is 11.6 Å². The SMILES string of the molecule is CCc1nc(C)c2c(Cl)nc3ccc(N4CCCCC4)cc3n12. The number of hydrogen-bond donors (Lipinski definition) is 0. The van der Waals surface area contributed by atoms with Gasteiger partial charge < -0.3 is 4.90 Å². The summed E-state index contributed by atoms with van der Waals surface area (Å²) in [5, 5.41) is 0.535. The molecule has 1 aliphatic rings. The Morgan fingerprint density at radius 3 is 2.65 bits per heavy atom. The van der Waals surface area contributed by atoms with Gasteiger partial charge in [-0.25, -0.2) is 9.97 Å². The molecule has 4 nitrogen and oxygen atoms in total. The fraction of sp³-hybridized carbons (Fsp3) is 0.444. The van der Waals surface area contributed by atoms with Crippen molar-refractivity contribution in [3.05, 3.63) is 34.9 Å². The first kappa shape index (κ1) is 14.8. The average Bonchev–Trinajstić information content (AvgIpc) is 2.93. The van der Waals surface area contributed by atoms with Crippen molar-refractivity contribution in [2.45, 2.75) is 39.5 Å². The molecule has 120 valence electrons. The lowest BCUT2D eigenvalue weighted by molar-refractivity contribution is 0.578. The molecule has 0 atom stereocenters. The molecule has 1 fully saturated rings. The summed E-state index contributed by atoms with van der Waals surface area (Å²) in [5.74, 6) is 1.04. The molecule has 3 aromatic rings. The van der Waals surface area contributed by atoms with E-state index in [9.17, 15) is 0 Å². The van der Waals surface area contributed by atoms with Crippen LogP contribution in [0.3, 0.4) is 0 Å². The van der Waals surface area contributed by atoms with Crippen LogP contribution >= 0.6 is 11.6 Å². The molecule has 0 saturated carbocycles. The number of rotatable bonds is 2. The van der Waals surface area contributed by atoms with Crippen molar-refractivity contribution in [3.8, 4) is 0 Å². The third-order valence-electron chi connectivity index (χ3n) is 4.77. The fourth-order valence-corrected chi connectivity index (χ4v) is 3.93. The Balaban J connectivity index is 1.98. The second-order valence-electron chi connectivity index (χ2n) is 6.27. The minimum atomic E-state index is 0.535. The quantitative estimate of drug-likeness (QED) is 0.699. The van der Waals surface area contributed by atoms with Crippen LogP contribution in [0.1, 0.15) is 37.7 Å². The zero-order valence-corrected chi connectivity index (χ0v) is 14.4. The lowest BCUT2D eigenvalue weighted by Crippen LogP contribution is -2.29. The van der Waals surface area contributed by atoms with Gasteiger partial charge in [0, 0.05) is 25.2 Å². The summed E-state index contributed by atoms with van der Waals surface area (Å²) in [6.07, 6.45) is 4.76. The van der Waals surface area contributed by atoms with Crippen molar-refractivity contribution >= 4 is 33.8 Å². The van der Waals surface area contributed by atoms with Crippen LogP contribution < -0.4 is 4.90 Å². The van der Waals surface area contributed by atoms with Gasteiger partial charge in [-0.1, -0.05) is 18.5 Å². The van der Waals surface area contributed by atoms with Crippen molar-refractivity contribution in [2.24, 2.45) is 0 Å². The Labute approximate surface area is 141 Å². The standard InChI is InChI=1S/C18H21ClN4/c1-3-16-20-12(2)17-18(19)21-14-8-7-13(11-15(14)23(16)17)22-9-5-4-6-10-22/h7-8,11H,3-6,9-10H2,1-2H3. The summed E-state index contributed by atoms with van der Waals surface area (Å²) in [6, 6.07) is 6.49. The monoisotopic (exact) mass is 328 g/mol. The number of hydrogen-bond acceptors (Lipinski definition) is 3. The Bertz CT molecular complexity index is 878. The molecule has 2 aromatic heterocycles. The van der Waals surface area contributed by atoms with E-state index >= 15 is 0 Å². The maximum atomic E-state index is 6.42. The van der Waals surface area contributed by atoms with E-state index in [0.717, 1.165) is 47.6 Å². The van der Waals surface area contributed by atoms with Gasteiger partial charge in [0.05, 0.1) is 16.7 Å². The molecule has 0 aliphatic carbocycles. The Kier molecular flexibility index (Phi) is 3.64. The fourth-order valence-electron chi connectivity index (χ4n) is 3.62. The van der Waals surface area contributed by atoms with E-state index in [-0.39, 0.29) is 0 Å². The van der Waals surface area contributed by atoms with Gasteiger partial charge in [0.15, 0.2) is 5.15 Å². The number of anilines is 1. The Hall–Kier alpha value is -1.81. The Morgan fingerprint density at radius 2 is 1.91 bits per heavy atom. The van der Waals surface area contributed by atoms with Crippen LogP contribution in [-0.2, 0) is 6.42 Å². The van der Waals surface area contributed by atoms with Gasteiger partial charge in [-0.05, 0) is 44.4 Å². The van der Waals surface area contributed by atoms with E-state index < -0.39 is 0 Å². The lowest BCUT2D eigenvalue weighted by atomic mass is 10.1. The Morgan fingerprint density at radius 1 is 1.13 bits per heavy atom. The number of aryl methyl sites for hydroxylation is 2. The van der Waals surface area contributed by atoms with Crippen molar-refractivity contribution in [1.29, 1.82) is 0 Å². The van der Waals surface area contributed by atoms with Crippen LogP contribution in [0.4, 0.5) is 5.69 Å². The van der Waals surface area contributed by atoms with Crippen LogP contribution in [0.2, 0.25) is 5.15 Å². The highest BCUT2D eigenvalue weighted by atomic mass is 35.5. The number of aromatic nitrogens is 3. The highest BCUT2D eigenvalue weighted by Gasteiger charge is 2.17. The minimum Gasteiger partial charge on any atom is -0.371 e. The molecule has 1 aromatic carbocycles. The summed E-state index contributed by atoms with van der Waals surface area (Å²) in [7, 11) is 0. The van der Waals surface area contributed by atoms with E-state index in [0.29, 0.717) is 5.15 Å². The van der Waals surface area contributed by atoms with E-state index in [1.807, 2.05) is 6.92 Å². The predicted molar refractivity (Wildman–Crippen MR) is 95.7 cm³/mol. The molecule has 3 heterocycles. The molecule has 1 saturated heterocycles. The summed E-state index contributed by atoms with van der Waals surface area (Å²) in [5.41, 5.74) is 5.19. The number of halogens is 1. The highest BCUT2D eigenvalue weighted by molar-refractivity contribution is 6.33. The maximum absolute atomic E-state index is 6.42. The summed E-state index contributed by atoms with van der Waals surface area (Å²) < 4.78 is 2.19. The van der Waals surface area contributed by atoms with Crippen LogP contribution in [0, 0.1) is 6.92 Å². The molecule has 0 spiro atoms. The predicted octanol–water partition coefficient (Wildman–Crippen LogP) is 4.40. The average molecular weight is 329 g/mol. The van der Waals surface area contributed by atoms with Crippen molar-refractivity contribution in [1.82, 2.24) is 14.4 Å². The van der Waals surface area contributed by atoms with Crippen LogP contribution in [0.5, 0.6) is 0 Å². The molecular weight excluding hydrogens is 308 g/mol. The van der Waals surface area contributed by atoms with E-state index in [1.54, 1.807) is 0 Å². The third-order valence-corrected chi connectivity index (χ3v) is 5.04. The van der Waals surface area contributed by atoms with Gasteiger partial charge in [-0.3, -0.25) is 4.40 Å². The van der Waals surface area contributed by atoms with Crippen molar-refractivity contribution < 1.29 is 0 Å². The smallest absolute Gasteiger partial charge is 0.155 e. The summed E-state index contributed by atoms with van der Waals surface area (Å²) in [4.78, 5) is 11.7. The van der Waals surface area contributed by atoms with Crippen molar-refractivity contribution in [3.63, 3.8) is 0 Å². The molecule has 5 heteroatoms. The van der Waals surface area contributed by atoms with E-state index in [1.165, 1.54) is 24.9 Å². The molecule has 1 aliphatic heterocycles. The molecule has 0 N–H and O–H groups in total. The molecule has 0 radical (unpaired) electrons. The number of imidazole rings is 1. The molecule has 4 rings (SSSR count). The van der Waals surface area contributed by atoms with Crippen LogP contribution in [0.25, 0.3) is 16.6 Å². The maximum Gasteiger partial charge on any atom is 0.155 e. The van der Waals surface area contributed by atoms with Gasteiger partial charge in [-0.15, -0.1) is 0 Å². The zero-order chi connectivity index (χ0) is 16.0. The molecule has 0 unspecified atom stereocenters. The van der Waals surface area contributed by atoms with E-state index in [2.05, 4.69) is 44.4 Å². The minimum absolute atomic E-state index is 0.535. The summed E-state index contributed by atoms with van der Waals surface area (Å²) in [6.45, 7) is 6.41. The number of benzene rings is 1. The highest BCUT2D eigenvalue weighted by Crippen LogP contribution is 2.29. The van der Waals surface area contributed by atoms with Gasteiger partial charge in [0.25, 0.3) is 0 Å². The molecular formula is C18H21ClN4. The lowest BCUT2D eigenvalue weighted by Gasteiger charge is -2.29. The van der Waals surface area contributed by atoms with Gasteiger partial charge in [-0.2, -0.15) is 0 Å². The second-order valence-corrected chi connectivity index (χ2v) is 6.63. The third kappa shape index (κ3) is 2.36. The second kappa shape index (κ2) is 5.68. The number of nitrogens with zero attached hydrogens (tertiary/aromatic N) is 4. The van der Waals surface area contributed by atoms with Gasteiger partial charge >= 0.3 is 0 Å². The molecule has 0 bridgehead atoms. The topological polar surface area (TPSA) is 33.4 Å². The number of fused-ring (bicyclic) bond motifs is 3. The van der Waals surface area contributed by atoms with Crippen LogP contribution in [-0.4, -0.2) is 27.5 Å². The first-order chi connectivity index (χ1) is 11.2. The van der Waals surface area contributed by atoms with Gasteiger partial charge in [0.1, 0.15) is 11.3 Å².